The Morgan fingerprint density at radius 1 is 0.909 bits per heavy atom. The zero-order valence-electron chi connectivity index (χ0n) is 18.5. The Morgan fingerprint density at radius 3 is 2.42 bits per heavy atom. The highest BCUT2D eigenvalue weighted by molar-refractivity contribution is 9.10. The fourth-order valence-corrected chi connectivity index (χ4v) is 3.67. The second kappa shape index (κ2) is 12.8. The van der Waals surface area contributed by atoms with Gasteiger partial charge in [-0.25, -0.2) is 0 Å². The molecule has 0 aliphatic rings. The first kappa shape index (κ1) is 24.5. The van der Waals surface area contributed by atoms with Crippen LogP contribution in [0.5, 0.6) is 5.75 Å². The third-order valence-corrected chi connectivity index (χ3v) is 5.54. The number of para-hydroxylation sites is 1. The van der Waals surface area contributed by atoms with E-state index in [2.05, 4.69) is 38.7 Å². The molecule has 0 unspecified atom stereocenters. The molecular formula is C26H27BrN2O4. The number of carbonyl (C=O) groups is 2. The van der Waals surface area contributed by atoms with Crippen molar-refractivity contribution >= 4 is 33.4 Å². The second-order valence-electron chi connectivity index (χ2n) is 7.33. The monoisotopic (exact) mass is 510 g/mol. The molecule has 6 nitrogen and oxygen atoms in total. The number of halogens is 1. The van der Waals surface area contributed by atoms with Gasteiger partial charge >= 0.3 is 0 Å². The van der Waals surface area contributed by atoms with E-state index in [4.69, 9.17) is 9.47 Å². The van der Waals surface area contributed by atoms with Gasteiger partial charge in [0.15, 0.2) is 0 Å². The summed E-state index contributed by atoms with van der Waals surface area (Å²) in [5, 5.41) is 5.68. The minimum absolute atomic E-state index is 0.245. The maximum Gasteiger partial charge on any atom is 0.255 e. The Morgan fingerprint density at radius 2 is 1.67 bits per heavy atom. The fourth-order valence-electron chi connectivity index (χ4n) is 3.18. The summed E-state index contributed by atoms with van der Waals surface area (Å²) in [6, 6.07) is 22.2. The van der Waals surface area contributed by atoms with Crippen LogP contribution in [-0.2, 0) is 11.2 Å². The predicted molar refractivity (Wildman–Crippen MR) is 133 cm³/mol. The lowest BCUT2D eigenvalue weighted by Crippen LogP contribution is -2.26. The third-order valence-electron chi connectivity index (χ3n) is 4.92. The van der Waals surface area contributed by atoms with Crippen molar-refractivity contribution in [2.45, 2.75) is 12.8 Å². The van der Waals surface area contributed by atoms with E-state index < -0.39 is 0 Å². The highest BCUT2D eigenvalue weighted by atomic mass is 79.9. The van der Waals surface area contributed by atoms with Gasteiger partial charge in [-0.15, -0.1) is 0 Å². The van der Waals surface area contributed by atoms with Crippen LogP contribution in [0.2, 0.25) is 0 Å². The summed E-state index contributed by atoms with van der Waals surface area (Å²) in [7, 11) is 1.62. The van der Waals surface area contributed by atoms with Gasteiger partial charge in [0.1, 0.15) is 5.75 Å². The highest BCUT2D eigenvalue weighted by Crippen LogP contribution is 2.27. The van der Waals surface area contributed by atoms with Gasteiger partial charge in [-0.3, -0.25) is 9.59 Å². The van der Waals surface area contributed by atoms with Gasteiger partial charge in [-0.1, -0.05) is 42.5 Å². The lowest BCUT2D eigenvalue weighted by Gasteiger charge is -2.13. The number of amides is 2. The number of hydrogen-bond acceptors (Lipinski definition) is 4. The number of ether oxygens (including phenoxy) is 2. The molecule has 7 heteroatoms. The molecule has 3 rings (SSSR count). The minimum atomic E-state index is -0.314. The predicted octanol–water partition coefficient (Wildman–Crippen LogP) is 5.09. The van der Waals surface area contributed by atoms with Gasteiger partial charge in [0.25, 0.3) is 11.8 Å². The zero-order chi connectivity index (χ0) is 23.5. The van der Waals surface area contributed by atoms with E-state index in [-0.39, 0.29) is 11.8 Å². The van der Waals surface area contributed by atoms with Gasteiger partial charge in [-0.05, 0) is 58.2 Å². The van der Waals surface area contributed by atoms with Crippen molar-refractivity contribution in [3.05, 3.63) is 94.0 Å². The molecule has 0 heterocycles. The lowest BCUT2D eigenvalue weighted by atomic mass is 10.1. The molecule has 0 saturated heterocycles. The molecule has 0 radical (unpaired) electrons. The smallest absolute Gasteiger partial charge is 0.255 e. The summed E-state index contributed by atoms with van der Waals surface area (Å²) < 4.78 is 11.5. The average Bonchev–Trinajstić information content (AvgIpc) is 2.83. The van der Waals surface area contributed by atoms with Gasteiger partial charge in [0.05, 0.1) is 22.3 Å². The molecule has 3 aromatic rings. The molecular weight excluding hydrogens is 484 g/mol. The highest BCUT2D eigenvalue weighted by Gasteiger charge is 2.15. The van der Waals surface area contributed by atoms with E-state index in [9.17, 15) is 9.59 Å². The molecule has 0 aliphatic carbocycles. The van der Waals surface area contributed by atoms with E-state index in [0.29, 0.717) is 53.2 Å². The molecule has 0 bridgehead atoms. The van der Waals surface area contributed by atoms with E-state index >= 15 is 0 Å². The summed E-state index contributed by atoms with van der Waals surface area (Å²) in [5.74, 6) is 0.106. The molecule has 0 atom stereocenters. The number of methoxy groups -OCH3 is 1. The number of hydrogen-bond donors (Lipinski definition) is 2. The quantitative estimate of drug-likeness (QED) is 0.352. The van der Waals surface area contributed by atoms with Crippen molar-refractivity contribution in [2.24, 2.45) is 0 Å². The van der Waals surface area contributed by atoms with Crippen LogP contribution in [0.4, 0.5) is 5.69 Å². The van der Waals surface area contributed by atoms with Gasteiger partial charge in [0, 0.05) is 32.2 Å². The van der Waals surface area contributed by atoms with Crippen LogP contribution in [0.25, 0.3) is 0 Å². The molecule has 33 heavy (non-hydrogen) atoms. The van der Waals surface area contributed by atoms with Crippen LogP contribution in [0.15, 0.2) is 77.3 Å². The zero-order valence-corrected chi connectivity index (χ0v) is 20.1. The van der Waals surface area contributed by atoms with Crippen LogP contribution in [0, 0.1) is 0 Å². The van der Waals surface area contributed by atoms with Crippen molar-refractivity contribution in [1.82, 2.24) is 5.32 Å². The van der Waals surface area contributed by atoms with Crippen molar-refractivity contribution in [1.29, 1.82) is 0 Å². The Labute approximate surface area is 202 Å². The number of benzene rings is 3. The Kier molecular flexibility index (Phi) is 9.47. The summed E-state index contributed by atoms with van der Waals surface area (Å²) in [6.45, 7) is 1.59. The van der Waals surface area contributed by atoms with Crippen LogP contribution < -0.4 is 15.4 Å². The van der Waals surface area contributed by atoms with Gasteiger partial charge in [-0.2, -0.15) is 0 Å². The topological polar surface area (TPSA) is 76.7 Å². The maximum atomic E-state index is 12.8. The fraction of sp³-hybridized carbons (Fsp3) is 0.231. The number of rotatable bonds is 11. The molecule has 0 aliphatic heterocycles. The molecule has 0 aromatic heterocycles. The molecule has 0 fully saturated rings. The van der Waals surface area contributed by atoms with Crippen LogP contribution in [-0.4, -0.2) is 38.7 Å². The second-order valence-corrected chi connectivity index (χ2v) is 8.19. The van der Waals surface area contributed by atoms with Crippen LogP contribution >= 0.6 is 15.9 Å². The van der Waals surface area contributed by atoms with E-state index in [1.54, 1.807) is 49.6 Å². The molecule has 2 amide bonds. The van der Waals surface area contributed by atoms with Crippen LogP contribution in [0.1, 0.15) is 32.7 Å². The summed E-state index contributed by atoms with van der Waals surface area (Å²) in [6.07, 6.45) is 1.50. The number of nitrogens with one attached hydrogen (secondary N) is 2. The Balaban J connectivity index is 1.60. The SMILES string of the molecule is COCCCNC(=O)c1ccccc1NC(=O)c1ccc(OCCc2ccccc2)c(Br)c1. The number of carbonyl (C=O) groups excluding carboxylic acids is 2. The lowest BCUT2D eigenvalue weighted by molar-refractivity contribution is 0.0949. The van der Waals surface area contributed by atoms with Crippen LogP contribution in [0.3, 0.4) is 0 Å². The first-order valence-corrected chi connectivity index (χ1v) is 11.5. The molecule has 0 spiro atoms. The summed E-state index contributed by atoms with van der Waals surface area (Å²) >= 11 is 3.49. The standard InChI is InChI=1S/C26H27BrN2O4/c1-32-16-7-15-28-26(31)21-10-5-6-11-23(21)29-25(30)20-12-13-24(22(27)18-20)33-17-14-19-8-3-2-4-9-19/h2-6,8-13,18H,7,14-17H2,1H3,(H,28,31)(H,29,30). The average molecular weight is 511 g/mol. The molecule has 172 valence electrons. The summed E-state index contributed by atoms with van der Waals surface area (Å²) in [4.78, 5) is 25.4. The largest absolute Gasteiger partial charge is 0.492 e. The molecule has 0 saturated carbocycles. The van der Waals surface area contributed by atoms with Gasteiger partial charge < -0.3 is 20.1 Å². The third kappa shape index (κ3) is 7.44. The summed E-state index contributed by atoms with van der Waals surface area (Å²) in [5.41, 5.74) is 2.51. The molecule has 3 aromatic carbocycles. The molecule has 2 N–H and O–H groups in total. The Hall–Kier alpha value is -3.16. The number of anilines is 1. The first-order valence-electron chi connectivity index (χ1n) is 10.7. The van der Waals surface area contributed by atoms with E-state index in [1.165, 1.54) is 5.56 Å². The van der Waals surface area contributed by atoms with E-state index in [0.717, 1.165) is 6.42 Å². The van der Waals surface area contributed by atoms with E-state index in [1.807, 2.05) is 18.2 Å². The normalized spacial score (nSPS) is 10.5. The first-order chi connectivity index (χ1) is 16.1. The van der Waals surface area contributed by atoms with Crippen molar-refractivity contribution in [3.8, 4) is 5.75 Å². The minimum Gasteiger partial charge on any atom is -0.492 e. The van der Waals surface area contributed by atoms with Gasteiger partial charge in [0.2, 0.25) is 0 Å². The van der Waals surface area contributed by atoms with Crippen molar-refractivity contribution in [2.75, 3.05) is 32.2 Å². The Bertz CT molecular complexity index is 1070. The van der Waals surface area contributed by atoms with Crippen molar-refractivity contribution in [3.63, 3.8) is 0 Å². The maximum absolute atomic E-state index is 12.8. The van der Waals surface area contributed by atoms with Crippen molar-refractivity contribution < 1.29 is 19.1 Å².